The highest BCUT2D eigenvalue weighted by atomic mass is 19.1. The summed E-state index contributed by atoms with van der Waals surface area (Å²) in [7, 11) is 2.95. The molecule has 1 unspecified atom stereocenters. The van der Waals surface area contributed by atoms with Gasteiger partial charge in [-0.1, -0.05) is 18.7 Å². The molecule has 2 heterocycles. The van der Waals surface area contributed by atoms with Crippen LogP contribution in [0.1, 0.15) is 17.7 Å². The van der Waals surface area contributed by atoms with Gasteiger partial charge in [-0.3, -0.25) is 9.79 Å². The van der Waals surface area contributed by atoms with Crippen LogP contribution in [0.2, 0.25) is 0 Å². The van der Waals surface area contributed by atoms with E-state index in [1.807, 2.05) is 12.2 Å². The molecule has 0 fully saturated rings. The fourth-order valence-electron chi connectivity index (χ4n) is 3.63. The number of dihydropyridines is 1. The molecule has 9 heteroatoms. The minimum absolute atomic E-state index is 0.0974. The summed E-state index contributed by atoms with van der Waals surface area (Å²) in [6.45, 7) is 4.24. The fourth-order valence-corrected chi connectivity index (χ4v) is 3.63. The van der Waals surface area contributed by atoms with Gasteiger partial charge >= 0.3 is 0 Å². The number of nitrogens with one attached hydrogen (secondary N) is 1. The Kier molecular flexibility index (Phi) is 9.10. The lowest BCUT2D eigenvalue weighted by Gasteiger charge is -2.26. The van der Waals surface area contributed by atoms with Crippen LogP contribution in [0.25, 0.3) is 11.3 Å². The third-order valence-electron chi connectivity index (χ3n) is 5.83. The number of hydrogen-bond donors (Lipinski definition) is 3. The van der Waals surface area contributed by atoms with Crippen molar-refractivity contribution in [1.82, 2.24) is 10.3 Å². The van der Waals surface area contributed by atoms with E-state index in [0.717, 1.165) is 0 Å². The molecule has 1 aromatic carbocycles. The highest BCUT2D eigenvalue weighted by Crippen LogP contribution is 2.32. The zero-order valence-corrected chi connectivity index (χ0v) is 21.0. The largest absolute Gasteiger partial charge is 0.495 e. The number of aromatic nitrogens is 1. The van der Waals surface area contributed by atoms with Gasteiger partial charge in [0.1, 0.15) is 28.6 Å². The summed E-state index contributed by atoms with van der Waals surface area (Å²) in [5.74, 6) is -0.107. The Bertz CT molecular complexity index is 1300. The maximum absolute atomic E-state index is 13.8. The molecular formula is C28H30FN3O5. The van der Waals surface area contributed by atoms with E-state index in [1.165, 1.54) is 38.5 Å². The molecule has 37 heavy (non-hydrogen) atoms. The first-order valence-electron chi connectivity index (χ1n) is 11.5. The first kappa shape index (κ1) is 27.5. The molecule has 0 bridgehead atoms. The smallest absolute Gasteiger partial charge is 0.251 e. The normalized spacial score (nSPS) is 16.1. The summed E-state index contributed by atoms with van der Waals surface area (Å²) in [5.41, 5.74) is 0.347. The molecule has 0 aliphatic carbocycles. The zero-order chi connectivity index (χ0) is 27.0. The van der Waals surface area contributed by atoms with Gasteiger partial charge in [-0.05, 0) is 55.0 Å². The average Bonchev–Trinajstić information content (AvgIpc) is 2.93. The highest BCUT2D eigenvalue weighted by Gasteiger charge is 2.32. The molecule has 0 spiro atoms. The molecule has 0 radical (unpaired) electrons. The predicted octanol–water partition coefficient (Wildman–Crippen LogP) is 3.50. The van der Waals surface area contributed by atoms with Crippen molar-refractivity contribution in [3.8, 4) is 17.0 Å². The molecule has 1 aliphatic heterocycles. The molecular weight excluding hydrogens is 477 g/mol. The number of nitrogens with zero attached hydrogens (tertiary/aromatic N) is 2. The van der Waals surface area contributed by atoms with Crippen molar-refractivity contribution in [1.29, 1.82) is 0 Å². The zero-order valence-electron chi connectivity index (χ0n) is 21.0. The van der Waals surface area contributed by atoms with E-state index in [0.29, 0.717) is 40.4 Å². The number of carbonyl (C=O) groups excluding carboxylic acids is 1. The summed E-state index contributed by atoms with van der Waals surface area (Å²) in [6, 6.07) is 7.56. The van der Waals surface area contributed by atoms with Crippen molar-refractivity contribution in [3.63, 3.8) is 0 Å². The van der Waals surface area contributed by atoms with Crippen molar-refractivity contribution in [2.45, 2.75) is 18.9 Å². The van der Waals surface area contributed by atoms with E-state index < -0.39 is 18.1 Å². The number of aliphatic imine (C=N–C) groups is 1. The van der Waals surface area contributed by atoms with Gasteiger partial charge in [-0.25, -0.2) is 9.37 Å². The van der Waals surface area contributed by atoms with Gasteiger partial charge < -0.3 is 25.0 Å². The molecule has 8 nitrogen and oxygen atoms in total. The Morgan fingerprint density at radius 2 is 2.08 bits per heavy atom. The Morgan fingerprint density at radius 3 is 2.68 bits per heavy atom. The number of halogens is 1. The maximum Gasteiger partial charge on any atom is 0.251 e. The quantitative estimate of drug-likeness (QED) is 0.258. The van der Waals surface area contributed by atoms with Crippen LogP contribution in [0.3, 0.4) is 0 Å². The molecule has 0 saturated carbocycles. The lowest BCUT2D eigenvalue weighted by Crippen LogP contribution is -2.44. The molecule has 194 valence electrons. The van der Waals surface area contributed by atoms with Gasteiger partial charge in [0.05, 0.1) is 38.8 Å². The average molecular weight is 508 g/mol. The number of aliphatic hydroxyl groups excluding tert-OH is 1. The number of rotatable bonds is 10. The van der Waals surface area contributed by atoms with Crippen molar-refractivity contribution < 1.29 is 28.9 Å². The Hall–Kier alpha value is -4.08. The van der Waals surface area contributed by atoms with Crippen molar-refractivity contribution >= 4 is 12.1 Å². The third-order valence-corrected chi connectivity index (χ3v) is 5.83. The minimum Gasteiger partial charge on any atom is -0.495 e. The first-order valence-corrected chi connectivity index (χ1v) is 11.5. The number of allylic oxidation sites excluding steroid dienone is 3. The topological polar surface area (TPSA) is 113 Å². The van der Waals surface area contributed by atoms with E-state index in [-0.39, 0.29) is 23.6 Å². The second-order valence-electron chi connectivity index (χ2n) is 8.31. The van der Waals surface area contributed by atoms with Gasteiger partial charge in [0.25, 0.3) is 5.91 Å². The Labute approximate surface area is 215 Å². The van der Waals surface area contributed by atoms with E-state index in [4.69, 9.17) is 9.47 Å². The van der Waals surface area contributed by atoms with Crippen LogP contribution in [0, 0.1) is 12.7 Å². The molecule has 1 aromatic heterocycles. The molecule has 1 aliphatic rings. The van der Waals surface area contributed by atoms with Gasteiger partial charge in [-0.15, -0.1) is 0 Å². The summed E-state index contributed by atoms with van der Waals surface area (Å²) in [4.78, 5) is 21.7. The Balaban J connectivity index is 1.87. The molecule has 2 aromatic rings. The predicted molar refractivity (Wildman–Crippen MR) is 139 cm³/mol. The SMILES string of the molecule is C=C/C(=C\C(OC)=C1/CC=CC=N1)C(=O)NCC(O)(CO)c1ccc(OC)c(-c2ccc(F)c(C)c2)n1. The van der Waals surface area contributed by atoms with Crippen LogP contribution in [0.5, 0.6) is 5.75 Å². The number of methoxy groups -OCH3 is 2. The number of hydrogen-bond acceptors (Lipinski definition) is 7. The number of benzene rings is 1. The lowest BCUT2D eigenvalue weighted by molar-refractivity contribution is -0.119. The molecule has 1 atom stereocenters. The minimum atomic E-state index is -1.92. The van der Waals surface area contributed by atoms with E-state index in [2.05, 4.69) is 21.9 Å². The molecule has 0 saturated heterocycles. The van der Waals surface area contributed by atoms with Crippen LogP contribution >= 0.6 is 0 Å². The van der Waals surface area contributed by atoms with Crippen molar-refractivity contribution in [3.05, 3.63) is 95.3 Å². The fraction of sp³-hybridized carbons (Fsp3) is 0.250. The second-order valence-corrected chi connectivity index (χ2v) is 8.31. The van der Waals surface area contributed by atoms with Crippen molar-refractivity contribution in [2.24, 2.45) is 4.99 Å². The number of carbonyl (C=O) groups is 1. The number of ether oxygens (including phenoxy) is 2. The molecule has 3 rings (SSSR count). The molecule has 3 N–H and O–H groups in total. The first-order chi connectivity index (χ1) is 17.8. The summed E-state index contributed by atoms with van der Waals surface area (Å²) >= 11 is 0. The monoisotopic (exact) mass is 507 g/mol. The Morgan fingerprint density at radius 1 is 1.30 bits per heavy atom. The van der Waals surface area contributed by atoms with Crippen LogP contribution in [-0.2, 0) is 15.1 Å². The van der Waals surface area contributed by atoms with Crippen LogP contribution < -0.4 is 10.1 Å². The second kappa shape index (κ2) is 12.2. The highest BCUT2D eigenvalue weighted by molar-refractivity contribution is 5.96. The number of aliphatic hydroxyl groups is 2. The van der Waals surface area contributed by atoms with Gasteiger partial charge in [0, 0.05) is 23.8 Å². The van der Waals surface area contributed by atoms with Crippen LogP contribution in [-0.4, -0.2) is 54.7 Å². The third kappa shape index (κ3) is 6.38. The van der Waals surface area contributed by atoms with Gasteiger partial charge in [0.2, 0.25) is 0 Å². The summed E-state index contributed by atoms with van der Waals surface area (Å²) in [6.07, 6.45) is 8.76. The summed E-state index contributed by atoms with van der Waals surface area (Å²) in [5, 5.41) is 23.9. The van der Waals surface area contributed by atoms with Gasteiger partial charge in [0.15, 0.2) is 0 Å². The molecule has 1 amide bonds. The van der Waals surface area contributed by atoms with Gasteiger partial charge in [-0.2, -0.15) is 0 Å². The van der Waals surface area contributed by atoms with E-state index in [9.17, 15) is 19.4 Å². The number of amides is 1. The van der Waals surface area contributed by atoms with Crippen LogP contribution in [0.4, 0.5) is 4.39 Å². The standard InChI is InChI=1S/C28H30FN3O5/c1-5-19(15-24(37-4)22-8-6-7-13-30-22)27(34)31-16-28(35,17-33)25-12-11-23(36-3)26(32-25)20-9-10-21(29)18(2)14-20/h5-7,9-15,33,35H,1,8,16-17H2,2-4H3,(H,31,34)/b19-15+,24-22-. The van der Waals surface area contributed by atoms with Crippen LogP contribution in [0.15, 0.2) is 83.2 Å². The van der Waals surface area contributed by atoms with E-state index >= 15 is 0 Å². The maximum atomic E-state index is 13.8. The van der Waals surface area contributed by atoms with E-state index in [1.54, 1.807) is 31.3 Å². The van der Waals surface area contributed by atoms with Crippen molar-refractivity contribution in [2.75, 3.05) is 27.4 Å². The lowest BCUT2D eigenvalue weighted by atomic mass is 9.98. The number of aryl methyl sites for hydroxylation is 1. The number of pyridine rings is 1. The summed E-state index contributed by atoms with van der Waals surface area (Å²) < 4.78 is 24.6.